The van der Waals surface area contributed by atoms with Crippen molar-refractivity contribution < 1.29 is 4.79 Å². The highest BCUT2D eigenvalue weighted by Crippen LogP contribution is 2.31. The molecule has 1 aromatic carbocycles. The number of azo groups is 1. The average molecular weight is 508 g/mol. The number of hydrogen-bond acceptors (Lipinski definition) is 10. The molecule has 0 atom stereocenters. The van der Waals surface area contributed by atoms with Crippen LogP contribution in [0.2, 0.25) is 0 Å². The lowest BCUT2D eigenvalue weighted by atomic mass is 10.2. The van der Waals surface area contributed by atoms with Crippen LogP contribution in [0.15, 0.2) is 28.4 Å². The van der Waals surface area contributed by atoms with Crippen molar-refractivity contribution in [2.45, 2.75) is 66.2 Å². The number of nitrogens with one attached hydrogen (secondary N) is 4. The summed E-state index contributed by atoms with van der Waals surface area (Å²) in [5.74, 6) is -0.176. The van der Waals surface area contributed by atoms with Crippen LogP contribution in [0.4, 0.5) is 23.0 Å². The largest absolute Gasteiger partial charge is 0.324 e. The minimum absolute atomic E-state index is 0.0372. The highest BCUT2D eigenvalue weighted by molar-refractivity contribution is 5.92. The van der Waals surface area contributed by atoms with E-state index in [0.29, 0.717) is 17.9 Å². The fourth-order valence-corrected chi connectivity index (χ4v) is 3.29. The number of hydrogen-bond donors (Lipinski definition) is 4. The minimum atomic E-state index is -0.251. The number of amides is 1. The van der Waals surface area contributed by atoms with Gasteiger partial charge in [-0.3, -0.25) is 4.79 Å². The first-order valence-electron chi connectivity index (χ1n) is 12.8. The molecular weight excluding hydrogens is 470 g/mol. The van der Waals surface area contributed by atoms with Crippen LogP contribution >= 0.6 is 0 Å². The Morgan fingerprint density at radius 2 is 1.65 bits per heavy atom. The number of carbonyl (C=O) groups excluding carboxylic acids is 1. The van der Waals surface area contributed by atoms with E-state index in [1.807, 2.05) is 23.3 Å². The van der Waals surface area contributed by atoms with Crippen LogP contribution < -0.4 is 26.7 Å². The van der Waals surface area contributed by atoms with E-state index in [0.717, 1.165) is 57.3 Å². The van der Waals surface area contributed by atoms with Gasteiger partial charge in [0, 0.05) is 26.6 Å². The van der Waals surface area contributed by atoms with E-state index in [1.165, 1.54) is 11.6 Å². The molecule has 4 N–H and O–H groups in total. The SMILES string of the molecule is CCCCNN(NCCCC)c1ccc(N=Nc2nc(C#N)c(C#N)n2NCCCC)c(NC(C)=O)c1. The minimum Gasteiger partial charge on any atom is -0.324 e. The molecule has 12 heteroatoms. The van der Waals surface area contributed by atoms with E-state index in [-0.39, 0.29) is 23.2 Å². The Bertz CT molecular complexity index is 1120. The van der Waals surface area contributed by atoms with E-state index in [4.69, 9.17) is 0 Å². The smallest absolute Gasteiger partial charge is 0.270 e. The van der Waals surface area contributed by atoms with Crippen LogP contribution in [0.1, 0.15) is 77.6 Å². The second-order valence-corrected chi connectivity index (χ2v) is 8.37. The second kappa shape index (κ2) is 15.9. The molecular formula is C25H37N11O. The summed E-state index contributed by atoms with van der Waals surface area (Å²) in [5.41, 5.74) is 11.5. The first-order chi connectivity index (χ1) is 18.0. The van der Waals surface area contributed by atoms with Crippen molar-refractivity contribution in [1.82, 2.24) is 20.5 Å². The van der Waals surface area contributed by atoms with Gasteiger partial charge in [0.2, 0.25) is 5.91 Å². The van der Waals surface area contributed by atoms with E-state index in [1.54, 1.807) is 12.1 Å². The van der Waals surface area contributed by atoms with E-state index in [9.17, 15) is 15.3 Å². The van der Waals surface area contributed by atoms with Gasteiger partial charge >= 0.3 is 0 Å². The molecule has 0 aliphatic rings. The number of imidazole rings is 1. The molecule has 0 saturated heterocycles. The third-order valence-corrected chi connectivity index (χ3v) is 5.27. The Hall–Kier alpha value is -4.00. The standard InChI is InChI=1S/C25H37N11O/c1-5-8-13-28-35-24(18-27)23(17-26)32-25(35)34-33-21-12-11-20(16-22(21)31-19(4)37)36(29-14-9-6-2)30-15-10-7-3/h11-12,16,28-30H,5-10,13-15H2,1-4H3,(H,31,37). The molecule has 0 fully saturated rings. The maximum absolute atomic E-state index is 11.9. The van der Waals surface area contributed by atoms with Crippen molar-refractivity contribution >= 4 is 28.9 Å². The number of nitrogens with zero attached hydrogens (tertiary/aromatic N) is 7. The van der Waals surface area contributed by atoms with Crippen LogP contribution in [0.5, 0.6) is 0 Å². The van der Waals surface area contributed by atoms with E-state index >= 15 is 0 Å². The van der Waals surface area contributed by atoms with Crippen molar-refractivity contribution in [3.8, 4) is 12.1 Å². The molecule has 1 amide bonds. The molecule has 12 nitrogen and oxygen atoms in total. The quantitative estimate of drug-likeness (QED) is 0.144. The Morgan fingerprint density at radius 1 is 1.00 bits per heavy atom. The second-order valence-electron chi connectivity index (χ2n) is 8.37. The van der Waals surface area contributed by atoms with E-state index < -0.39 is 0 Å². The number of unbranched alkanes of at least 4 members (excludes halogenated alkanes) is 3. The molecule has 2 aromatic rings. The zero-order valence-corrected chi connectivity index (χ0v) is 22.1. The number of anilines is 2. The molecule has 198 valence electrons. The molecule has 0 saturated carbocycles. The number of nitriles is 2. The summed E-state index contributed by atoms with van der Waals surface area (Å²) in [5, 5.41) is 32.1. The van der Waals surface area contributed by atoms with Gasteiger partial charge in [-0.1, -0.05) is 40.0 Å². The zero-order valence-electron chi connectivity index (χ0n) is 22.1. The third kappa shape index (κ3) is 8.86. The van der Waals surface area contributed by atoms with E-state index in [2.05, 4.69) is 57.6 Å². The Morgan fingerprint density at radius 3 is 2.22 bits per heavy atom. The van der Waals surface area contributed by atoms with Gasteiger partial charge in [0.15, 0.2) is 11.4 Å². The molecule has 0 unspecified atom stereocenters. The first kappa shape index (κ1) is 29.2. The molecule has 0 radical (unpaired) electrons. The number of hydrazine groups is 2. The maximum Gasteiger partial charge on any atom is 0.270 e. The summed E-state index contributed by atoms with van der Waals surface area (Å²) >= 11 is 0. The molecule has 1 heterocycles. The molecule has 1 aromatic heterocycles. The summed E-state index contributed by atoms with van der Waals surface area (Å²) < 4.78 is 1.38. The van der Waals surface area contributed by atoms with Crippen molar-refractivity contribution in [3.63, 3.8) is 0 Å². The van der Waals surface area contributed by atoms with Gasteiger partial charge in [-0.05, 0) is 37.5 Å². The molecule has 37 heavy (non-hydrogen) atoms. The third-order valence-electron chi connectivity index (χ3n) is 5.27. The van der Waals surface area contributed by atoms with Gasteiger partial charge < -0.3 is 10.7 Å². The van der Waals surface area contributed by atoms with Gasteiger partial charge in [-0.25, -0.2) is 20.6 Å². The number of aromatic nitrogens is 2. The Labute approximate surface area is 218 Å². The molecule has 2 rings (SSSR count). The number of rotatable bonds is 16. The summed E-state index contributed by atoms with van der Waals surface area (Å²) in [6.07, 6.45) is 5.99. The predicted molar refractivity (Wildman–Crippen MR) is 144 cm³/mol. The van der Waals surface area contributed by atoms with Gasteiger partial charge in [-0.2, -0.15) is 15.5 Å². The van der Waals surface area contributed by atoms with Crippen LogP contribution in [0, 0.1) is 22.7 Å². The number of benzene rings is 1. The summed E-state index contributed by atoms with van der Waals surface area (Å²) in [6.45, 7) is 9.91. The summed E-state index contributed by atoms with van der Waals surface area (Å²) in [7, 11) is 0. The molecule has 0 bridgehead atoms. The lowest BCUT2D eigenvalue weighted by Gasteiger charge is -2.27. The van der Waals surface area contributed by atoms with Crippen LogP contribution in [0.25, 0.3) is 0 Å². The molecule has 0 aliphatic heterocycles. The molecule has 0 aliphatic carbocycles. The van der Waals surface area contributed by atoms with Crippen molar-refractivity contribution in [2.24, 2.45) is 10.2 Å². The van der Waals surface area contributed by atoms with Crippen LogP contribution in [0.3, 0.4) is 0 Å². The van der Waals surface area contributed by atoms with Crippen LogP contribution in [-0.2, 0) is 4.79 Å². The van der Waals surface area contributed by atoms with Crippen molar-refractivity contribution in [2.75, 3.05) is 35.5 Å². The maximum atomic E-state index is 11.9. The zero-order chi connectivity index (χ0) is 27.0. The highest BCUT2D eigenvalue weighted by atomic mass is 16.1. The fraction of sp³-hybridized carbons (Fsp3) is 0.520. The van der Waals surface area contributed by atoms with Gasteiger partial charge in [0.25, 0.3) is 5.95 Å². The van der Waals surface area contributed by atoms with Gasteiger partial charge in [0.05, 0.1) is 11.4 Å². The van der Waals surface area contributed by atoms with Crippen molar-refractivity contribution in [1.29, 1.82) is 10.5 Å². The Balaban J connectivity index is 2.41. The van der Waals surface area contributed by atoms with Crippen LogP contribution in [-0.4, -0.2) is 35.2 Å². The Kier molecular flexibility index (Phi) is 12.5. The topological polar surface area (TPSA) is 159 Å². The summed E-state index contributed by atoms with van der Waals surface area (Å²) in [6, 6.07) is 9.34. The first-order valence-corrected chi connectivity index (χ1v) is 12.8. The van der Waals surface area contributed by atoms with Crippen molar-refractivity contribution in [3.05, 3.63) is 29.6 Å². The summed E-state index contributed by atoms with van der Waals surface area (Å²) in [4.78, 5) is 16.1. The monoisotopic (exact) mass is 507 g/mol. The van der Waals surface area contributed by atoms with Gasteiger partial charge in [0.1, 0.15) is 17.8 Å². The normalized spacial score (nSPS) is 10.8. The fourth-order valence-electron chi connectivity index (χ4n) is 3.29. The predicted octanol–water partition coefficient (Wildman–Crippen LogP) is 4.76. The molecule has 0 spiro atoms. The lowest BCUT2D eigenvalue weighted by molar-refractivity contribution is -0.114. The van der Waals surface area contributed by atoms with Gasteiger partial charge in [-0.15, -0.1) is 10.2 Å². The highest BCUT2D eigenvalue weighted by Gasteiger charge is 2.17. The average Bonchev–Trinajstić information content (AvgIpc) is 3.23. The number of carbonyl (C=O) groups is 1. The lowest BCUT2D eigenvalue weighted by Crippen LogP contribution is -2.49.